The van der Waals surface area contributed by atoms with E-state index in [1.54, 1.807) is 6.08 Å². The highest BCUT2D eigenvalue weighted by molar-refractivity contribution is 6.21. The molecular weight excluding hydrogens is 174 g/mol. The van der Waals surface area contributed by atoms with Crippen molar-refractivity contribution in [2.24, 2.45) is 16.8 Å². The molecule has 3 unspecified atom stereocenters. The molecule has 0 spiro atoms. The van der Waals surface area contributed by atoms with Crippen LogP contribution in [0, 0.1) is 11.8 Å². The molecule has 68 valence electrons. The lowest BCUT2D eigenvalue weighted by Gasteiger charge is -2.30. The second-order valence-electron chi connectivity index (χ2n) is 3.54. The highest BCUT2D eigenvalue weighted by Gasteiger charge is 2.28. The van der Waals surface area contributed by atoms with Crippen molar-refractivity contribution in [3.8, 4) is 0 Å². The van der Waals surface area contributed by atoms with Crippen molar-refractivity contribution in [1.82, 2.24) is 0 Å². The second kappa shape index (κ2) is 4.64. The number of hydrogen-bond acceptors (Lipinski definition) is 2. The van der Waals surface area contributed by atoms with Crippen LogP contribution in [0.3, 0.4) is 0 Å². The first-order valence-electron chi connectivity index (χ1n) is 4.43. The molecule has 0 aromatic heterocycles. The average molecular weight is 188 g/mol. The SMILES string of the molecule is CC1CCCC(CN=C=O)C1Cl. The monoisotopic (exact) mass is 187 g/mol. The molecule has 2 nitrogen and oxygen atoms in total. The smallest absolute Gasteiger partial charge is 0.211 e. The number of hydrogen-bond donors (Lipinski definition) is 0. The Morgan fingerprint density at radius 1 is 1.58 bits per heavy atom. The molecule has 1 rings (SSSR count). The average Bonchev–Trinajstić information content (AvgIpc) is 2.08. The zero-order valence-corrected chi connectivity index (χ0v) is 8.05. The molecule has 1 saturated carbocycles. The highest BCUT2D eigenvalue weighted by Crippen LogP contribution is 2.33. The molecule has 0 bridgehead atoms. The number of carbonyl (C=O) groups excluding carboxylic acids is 1. The van der Waals surface area contributed by atoms with Crippen molar-refractivity contribution < 1.29 is 4.79 Å². The van der Waals surface area contributed by atoms with Gasteiger partial charge in [-0.15, -0.1) is 11.6 Å². The fourth-order valence-corrected chi connectivity index (χ4v) is 2.16. The molecule has 1 aliphatic carbocycles. The summed E-state index contributed by atoms with van der Waals surface area (Å²) >= 11 is 6.18. The lowest BCUT2D eigenvalue weighted by molar-refractivity contribution is 0.297. The molecule has 3 atom stereocenters. The molecular formula is C9H14ClNO. The van der Waals surface area contributed by atoms with Gasteiger partial charge in [-0.3, -0.25) is 0 Å². The summed E-state index contributed by atoms with van der Waals surface area (Å²) in [5.74, 6) is 0.948. The zero-order valence-electron chi connectivity index (χ0n) is 7.29. The van der Waals surface area contributed by atoms with Crippen LogP contribution in [-0.4, -0.2) is 18.0 Å². The maximum Gasteiger partial charge on any atom is 0.234 e. The standard InChI is InChI=1S/C9H14ClNO/c1-7-3-2-4-8(9(7)10)5-11-6-12/h7-9H,2-5H2,1H3. The van der Waals surface area contributed by atoms with Crippen molar-refractivity contribution in [2.45, 2.75) is 31.6 Å². The fourth-order valence-electron chi connectivity index (χ4n) is 1.83. The molecule has 0 aromatic rings. The van der Waals surface area contributed by atoms with Crippen molar-refractivity contribution in [2.75, 3.05) is 6.54 Å². The van der Waals surface area contributed by atoms with Gasteiger partial charge in [-0.05, 0) is 24.7 Å². The molecule has 3 heteroatoms. The van der Waals surface area contributed by atoms with Gasteiger partial charge in [0.05, 0.1) is 6.54 Å². The summed E-state index contributed by atoms with van der Waals surface area (Å²) in [5.41, 5.74) is 0. The predicted molar refractivity (Wildman–Crippen MR) is 49.1 cm³/mol. The summed E-state index contributed by atoms with van der Waals surface area (Å²) in [4.78, 5) is 13.5. The maximum atomic E-state index is 9.90. The van der Waals surface area contributed by atoms with Crippen LogP contribution in [0.2, 0.25) is 0 Å². The van der Waals surface area contributed by atoms with Crippen LogP contribution < -0.4 is 0 Å². The van der Waals surface area contributed by atoms with Gasteiger partial charge in [0.1, 0.15) is 0 Å². The molecule has 12 heavy (non-hydrogen) atoms. The molecule has 0 heterocycles. The molecule has 1 fully saturated rings. The molecule has 0 saturated heterocycles. The lowest BCUT2D eigenvalue weighted by atomic mass is 9.82. The largest absolute Gasteiger partial charge is 0.234 e. The van der Waals surface area contributed by atoms with Crippen molar-refractivity contribution in [1.29, 1.82) is 0 Å². The predicted octanol–water partition coefficient (Wildman–Crippen LogP) is 2.37. The van der Waals surface area contributed by atoms with Crippen molar-refractivity contribution in [3.05, 3.63) is 0 Å². The number of aliphatic imine (C=N–C) groups is 1. The minimum absolute atomic E-state index is 0.191. The summed E-state index contributed by atoms with van der Waals surface area (Å²) in [7, 11) is 0. The Hall–Kier alpha value is -0.330. The number of halogens is 1. The summed E-state index contributed by atoms with van der Waals surface area (Å²) in [5, 5.41) is 0.191. The molecule has 0 amide bonds. The van der Waals surface area contributed by atoms with E-state index in [-0.39, 0.29) is 5.38 Å². The van der Waals surface area contributed by atoms with Gasteiger partial charge < -0.3 is 0 Å². The van der Waals surface area contributed by atoms with E-state index in [1.807, 2.05) is 0 Å². The Bertz CT molecular complexity index is 189. The van der Waals surface area contributed by atoms with Gasteiger partial charge in [0.15, 0.2) is 0 Å². The van der Waals surface area contributed by atoms with E-state index < -0.39 is 0 Å². The van der Waals surface area contributed by atoms with Crippen LogP contribution in [0.15, 0.2) is 4.99 Å². The topological polar surface area (TPSA) is 29.4 Å². The number of isocyanates is 1. The van der Waals surface area contributed by atoms with Gasteiger partial charge >= 0.3 is 0 Å². The van der Waals surface area contributed by atoms with Crippen molar-refractivity contribution in [3.63, 3.8) is 0 Å². The zero-order chi connectivity index (χ0) is 8.97. The van der Waals surface area contributed by atoms with Crippen LogP contribution in [0.4, 0.5) is 0 Å². The van der Waals surface area contributed by atoms with Gasteiger partial charge in [-0.25, -0.2) is 9.79 Å². The van der Waals surface area contributed by atoms with Gasteiger partial charge in [0.25, 0.3) is 0 Å². The Balaban J connectivity index is 2.45. The first-order chi connectivity index (χ1) is 5.75. The fraction of sp³-hybridized carbons (Fsp3) is 0.889. The summed E-state index contributed by atoms with van der Waals surface area (Å²) in [6.07, 6.45) is 5.08. The minimum Gasteiger partial charge on any atom is -0.211 e. The third-order valence-electron chi connectivity index (χ3n) is 2.62. The summed E-state index contributed by atoms with van der Waals surface area (Å²) in [6.45, 7) is 2.72. The summed E-state index contributed by atoms with van der Waals surface area (Å²) < 4.78 is 0. The van der Waals surface area contributed by atoms with E-state index in [0.717, 1.165) is 6.42 Å². The van der Waals surface area contributed by atoms with Crippen LogP contribution in [0.5, 0.6) is 0 Å². The Morgan fingerprint density at radius 2 is 2.33 bits per heavy atom. The third kappa shape index (κ3) is 2.33. The summed E-state index contributed by atoms with van der Waals surface area (Å²) in [6, 6.07) is 0. The van der Waals surface area contributed by atoms with Crippen LogP contribution in [-0.2, 0) is 4.79 Å². The quantitative estimate of drug-likeness (QED) is 0.371. The second-order valence-corrected chi connectivity index (χ2v) is 4.05. The molecule has 1 aliphatic rings. The Labute approximate surface area is 78.0 Å². The first kappa shape index (κ1) is 9.76. The molecule has 0 N–H and O–H groups in total. The molecule has 0 aromatic carbocycles. The van der Waals surface area contributed by atoms with Gasteiger partial charge in [0.2, 0.25) is 6.08 Å². The van der Waals surface area contributed by atoms with Gasteiger partial charge in [0, 0.05) is 5.38 Å². The van der Waals surface area contributed by atoms with E-state index >= 15 is 0 Å². The van der Waals surface area contributed by atoms with E-state index in [2.05, 4.69) is 11.9 Å². The normalized spacial score (nSPS) is 35.7. The van der Waals surface area contributed by atoms with Crippen molar-refractivity contribution >= 4 is 17.7 Å². The number of rotatable bonds is 2. The Kier molecular flexibility index (Phi) is 3.77. The van der Waals surface area contributed by atoms with E-state index in [0.29, 0.717) is 18.4 Å². The Morgan fingerprint density at radius 3 is 3.00 bits per heavy atom. The van der Waals surface area contributed by atoms with E-state index in [1.165, 1.54) is 12.8 Å². The molecule has 0 aliphatic heterocycles. The van der Waals surface area contributed by atoms with Crippen LogP contribution in [0.25, 0.3) is 0 Å². The number of nitrogens with zero attached hydrogens (tertiary/aromatic N) is 1. The third-order valence-corrected chi connectivity index (χ3v) is 3.41. The maximum absolute atomic E-state index is 9.90. The van der Waals surface area contributed by atoms with Crippen LogP contribution in [0.1, 0.15) is 26.2 Å². The van der Waals surface area contributed by atoms with Gasteiger partial charge in [-0.2, -0.15) is 0 Å². The molecule has 0 radical (unpaired) electrons. The highest BCUT2D eigenvalue weighted by atomic mass is 35.5. The first-order valence-corrected chi connectivity index (χ1v) is 4.87. The lowest BCUT2D eigenvalue weighted by Crippen LogP contribution is -2.29. The van der Waals surface area contributed by atoms with E-state index in [9.17, 15) is 4.79 Å². The van der Waals surface area contributed by atoms with Crippen LogP contribution >= 0.6 is 11.6 Å². The van der Waals surface area contributed by atoms with Gasteiger partial charge in [-0.1, -0.05) is 13.3 Å². The number of alkyl halides is 1. The minimum atomic E-state index is 0.191. The van der Waals surface area contributed by atoms with E-state index in [4.69, 9.17) is 11.6 Å².